The quantitative estimate of drug-likeness (QED) is 0.772. The fraction of sp³-hybridized carbons (Fsp3) is 0.526. The number of hydrogen-bond donors (Lipinski definition) is 2. The van der Waals surface area contributed by atoms with Gasteiger partial charge in [-0.05, 0) is 43.9 Å². The highest BCUT2D eigenvalue weighted by atomic mass is 16.5. The summed E-state index contributed by atoms with van der Waals surface area (Å²) in [5.74, 6) is -1.39. The van der Waals surface area contributed by atoms with E-state index < -0.39 is 12.0 Å². The third-order valence-electron chi connectivity index (χ3n) is 3.51. The van der Waals surface area contributed by atoms with Gasteiger partial charge < -0.3 is 15.4 Å². The maximum absolute atomic E-state index is 12.2. The molecule has 0 radical (unpaired) electrons. The monoisotopic (exact) mass is 348 g/mol. The zero-order chi connectivity index (χ0) is 19.2. The van der Waals surface area contributed by atoms with E-state index in [0.717, 1.165) is 5.56 Å². The molecule has 138 valence electrons. The summed E-state index contributed by atoms with van der Waals surface area (Å²) in [5, 5.41) is 5.19. The van der Waals surface area contributed by atoms with Crippen molar-refractivity contribution in [2.75, 3.05) is 6.61 Å². The lowest BCUT2D eigenvalue weighted by molar-refractivity contribution is -0.150. The van der Waals surface area contributed by atoms with Crippen LogP contribution in [0.3, 0.4) is 0 Å². The van der Waals surface area contributed by atoms with Crippen molar-refractivity contribution < 1.29 is 19.1 Å². The first-order valence-corrected chi connectivity index (χ1v) is 8.38. The van der Waals surface area contributed by atoms with Gasteiger partial charge in [0.1, 0.15) is 6.04 Å². The van der Waals surface area contributed by atoms with Crippen molar-refractivity contribution in [3.63, 3.8) is 0 Å². The number of nitrogens with one attached hydrogen (secondary N) is 2. The third-order valence-corrected chi connectivity index (χ3v) is 3.51. The second-order valence-corrected chi connectivity index (χ2v) is 7.35. The Bertz CT molecular complexity index is 615. The molecule has 0 bridgehead atoms. The number of amides is 2. The number of hydrogen-bond acceptors (Lipinski definition) is 4. The van der Waals surface area contributed by atoms with Gasteiger partial charge in [0.2, 0.25) is 0 Å². The number of benzene rings is 1. The Balaban J connectivity index is 2.55. The second kappa shape index (κ2) is 8.65. The van der Waals surface area contributed by atoms with Crippen LogP contribution in [0.5, 0.6) is 0 Å². The standard InChI is InChI=1S/C19H28N2O4/c1-12(2)20-16(22)11-25-18(24)13(3)21-17(23)14-7-9-15(10-8-14)19(4,5)6/h7-10,12-13H,11H2,1-6H3,(H,20,22)(H,21,23)/t13-/m0/s1. The van der Waals surface area contributed by atoms with Crippen molar-refractivity contribution in [3.05, 3.63) is 35.4 Å². The predicted octanol–water partition coefficient (Wildman–Crippen LogP) is 2.17. The molecule has 2 N–H and O–H groups in total. The van der Waals surface area contributed by atoms with Gasteiger partial charge in [0, 0.05) is 11.6 Å². The van der Waals surface area contributed by atoms with Crippen molar-refractivity contribution in [1.82, 2.24) is 10.6 Å². The topological polar surface area (TPSA) is 84.5 Å². The number of carbonyl (C=O) groups is 3. The molecule has 1 aromatic rings. The minimum atomic E-state index is -0.846. The Labute approximate surface area is 149 Å². The van der Waals surface area contributed by atoms with Crippen molar-refractivity contribution >= 4 is 17.8 Å². The maximum atomic E-state index is 12.2. The molecule has 0 unspecified atom stereocenters. The van der Waals surface area contributed by atoms with E-state index in [2.05, 4.69) is 31.4 Å². The normalized spacial score (nSPS) is 12.4. The van der Waals surface area contributed by atoms with E-state index in [0.29, 0.717) is 5.56 Å². The van der Waals surface area contributed by atoms with Gasteiger partial charge in [-0.2, -0.15) is 0 Å². The second-order valence-electron chi connectivity index (χ2n) is 7.35. The summed E-state index contributed by atoms with van der Waals surface area (Å²) in [5.41, 5.74) is 1.58. The molecule has 0 heterocycles. The van der Waals surface area contributed by atoms with E-state index in [1.807, 2.05) is 26.0 Å². The summed E-state index contributed by atoms with van der Waals surface area (Å²) >= 11 is 0. The van der Waals surface area contributed by atoms with Crippen LogP contribution < -0.4 is 10.6 Å². The van der Waals surface area contributed by atoms with E-state index in [-0.39, 0.29) is 29.9 Å². The molecule has 6 heteroatoms. The first-order valence-electron chi connectivity index (χ1n) is 8.38. The van der Waals surface area contributed by atoms with E-state index in [9.17, 15) is 14.4 Å². The van der Waals surface area contributed by atoms with Crippen molar-refractivity contribution in [2.45, 2.75) is 59.0 Å². The highest BCUT2D eigenvalue weighted by Crippen LogP contribution is 2.22. The van der Waals surface area contributed by atoms with Crippen LogP contribution in [0.2, 0.25) is 0 Å². The first kappa shape index (κ1) is 20.7. The molecule has 0 saturated carbocycles. The molecule has 6 nitrogen and oxygen atoms in total. The van der Waals surface area contributed by atoms with Crippen LogP contribution in [-0.4, -0.2) is 36.5 Å². The predicted molar refractivity (Wildman–Crippen MR) is 96.3 cm³/mol. The van der Waals surface area contributed by atoms with Crippen LogP contribution in [0.1, 0.15) is 57.5 Å². The summed E-state index contributed by atoms with van der Waals surface area (Å²) in [7, 11) is 0. The molecule has 1 atom stereocenters. The Morgan fingerprint density at radius 2 is 1.56 bits per heavy atom. The van der Waals surface area contributed by atoms with E-state index in [1.165, 1.54) is 6.92 Å². The van der Waals surface area contributed by atoms with Crippen LogP contribution in [0.4, 0.5) is 0 Å². The lowest BCUT2D eigenvalue weighted by Gasteiger charge is -2.19. The largest absolute Gasteiger partial charge is 0.454 e. The van der Waals surface area contributed by atoms with Gasteiger partial charge in [-0.15, -0.1) is 0 Å². The zero-order valence-corrected chi connectivity index (χ0v) is 15.8. The first-order chi connectivity index (χ1) is 11.5. The van der Waals surface area contributed by atoms with E-state index in [1.54, 1.807) is 12.1 Å². The van der Waals surface area contributed by atoms with Crippen LogP contribution >= 0.6 is 0 Å². The molecular weight excluding hydrogens is 320 g/mol. The van der Waals surface area contributed by atoms with Gasteiger partial charge in [-0.1, -0.05) is 32.9 Å². The summed E-state index contributed by atoms with van der Waals surface area (Å²) in [4.78, 5) is 35.5. The van der Waals surface area contributed by atoms with Crippen molar-refractivity contribution in [3.8, 4) is 0 Å². The Hall–Kier alpha value is -2.37. The van der Waals surface area contributed by atoms with E-state index in [4.69, 9.17) is 4.74 Å². The van der Waals surface area contributed by atoms with Gasteiger partial charge in [0.25, 0.3) is 11.8 Å². The number of carbonyl (C=O) groups excluding carboxylic acids is 3. The fourth-order valence-electron chi connectivity index (χ4n) is 2.09. The lowest BCUT2D eigenvalue weighted by atomic mass is 9.86. The summed E-state index contributed by atoms with van der Waals surface area (Å²) in [6.07, 6.45) is 0. The molecule has 0 saturated heterocycles. The summed E-state index contributed by atoms with van der Waals surface area (Å²) in [6.45, 7) is 11.1. The van der Waals surface area contributed by atoms with Crippen LogP contribution in [0.25, 0.3) is 0 Å². The molecule has 1 aromatic carbocycles. The van der Waals surface area contributed by atoms with Crippen LogP contribution in [-0.2, 0) is 19.7 Å². The summed E-state index contributed by atoms with van der Waals surface area (Å²) < 4.78 is 4.90. The maximum Gasteiger partial charge on any atom is 0.328 e. The number of esters is 1. The van der Waals surface area contributed by atoms with E-state index >= 15 is 0 Å². The highest BCUT2D eigenvalue weighted by molar-refractivity contribution is 5.96. The van der Waals surface area contributed by atoms with Crippen LogP contribution in [0, 0.1) is 0 Å². The lowest BCUT2D eigenvalue weighted by Crippen LogP contribution is -2.41. The zero-order valence-electron chi connectivity index (χ0n) is 15.8. The smallest absolute Gasteiger partial charge is 0.328 e. The Morgan fingerprint density at radius 1 is 1.00 bits per heavy atom. The van der Waals surface area contributed by atoms with Gasteiger partial charge in [-0.3, -0.25) is 9.59 Å². The molecule has 2 amide bonds. The minimum absolute atomic E-state index is 0.00264. The molecular formula is C19H28N2O4. The molecule has 0 aliphatic heterocycles. The number of ether oxygens (including phenoxy) is 1. The molecule has 25 heavy (non-hydrogen) atoms. The molecule has 0 aliphatic carbocycles. The van der Waals surface area contributed by atoms with Gasteiger partial charge in [0.15, 0.2) is 6.61 Å². The molecule has 1 rings (SSSR count). The minimum Gasteiger partial charge on any atom is -0.454 e. The fourth-order valence-corrected chi connectivity index (χ4v) is 2.09. The van der Waals surface area contributed by atoms with Gasteiger partial charge >= 0.3 is 5.97 Å². The summed E-state index contributed by atoms with van der Waals surface area (Å²) in [6, 6.07) is 6.37. The SMILES string of the molecule is CC(C)NC(=O)COC(=O)[C@H](C)NC(=O)c1ccc(C(C)(C)C)cc1. The number of rotatable bonds is 6. The molecule has 0 aliphatic rings. The molecule has 0 fully saturated rings. The average Bonchev–Trinajstić information content (AvgIpc) is 2.51. The average molecular weight is 348 g/mol. The van der Waals surface area contributed by atoms with Crippen molar-refractivity contribution in [2.24, 2.45) is 0 Å². The Kier molecular flexibility index (Phi) is 7.15. The van der Waals surface area contributed by atoms with Crippen molar-refractivity contribution in [1.29, 1.82) is 0 Å². The molecule has 0 aromatic heterocycles. The van der Waals surface area contributed by atoms with Crippen LogP contribution in [0.15, 0.2) is 24.3 Å². The third kappa shape index (κ3) is 6.95. The highest BCUT2D eigenvalue weighted by Gasteiger charge is 2.20. The molecule has 0 spiro atoms. The van der Waals surface area contributed by atoms with Gasteiger partial charge in [0.05, 0.1) is 0 Å². The Morgan fingerprint density at radius 3 is 2.04 bits per heavy atom. The van der Waals surface area contributed by atoms with Gasteiger partial charge in [-0.25, -0.2) is 4.79 Å².